The van der Waals surface area contributed by atoms with E-state index < -0.39 is 6.16 Å². The summed E-state index contributed by atoms with van der Waals surface area (Å²) < 4.78 is 0. The molecule has 0 saturated heterocycles. The van der Waals surface area contributed by atoms with E-state index in [2.05, 4.69) is 43.4 Å². The Balaban J connectivity index is 0.000000636. The van der Waals surface area contributed by atoms with Crippen LogP contribution in [0.5, 0.6) is 0 Å². The average Bonchev–Trinajstić information content (AvgIpc) is 2.81. The highest BCUT2D eigenvalue weighted by atomic mass is 16.6. The van der Waals surface area contributed by atoms with E-state index in [9.17, 15) is 4.79 Å². The second-order valence-electron chi connectivity index (χ2n) is 9.78. The zero-order valence-electron chi connectivity index (χ0n) is 20.0. The summed E-state index contributed by atoms with van der Waals surface area (Å²) in [5.74, 6) is 0.947. The lowest BCUT2D eigenvalue weighted by molar-refractivity contribution is 0.0715. The summed E-state index contributed by atoms with van der Waals surface area (Å²) in [7, 11) is 0. The summed E-state index contributed by atoms with van der Waals surface area (Å²) in [6.07, 6.45) is 5.29. The molecule has 3 aliphatic rings. The predicted molar refractivity (Wildman–Crippen MR) is 133 cm³/mol. The molecule has 2 bridgehead atoms. The van der Waals surface area contributed by atoms with Gasteiger partial charge < -0.3 is 15.5 Å². The third kappa shape index (κ3) is 4.76. The number of amides is 1. The lowest BCUT2D eigenvalue weighted by Crippen LogP contribution is -2.53. The van der Waals surface area contributed by atoms with Gasteiger partial charge in [0.1, 0.15) is 0 Å². The van der Waals surface area contributed by atoms with Gasteiger partial charge in [-0.1, -0.05) is 30.3 Å². The van der Waals surface area contributed by atoms with E-state index in [1.54, 1.807) is 0 Å². The molecule has 6 rings (SSSR count). The molecule has 3 aliphatic carbocycles. The summed E-state index contributed by atoms with van der Waals surface area (Å²) in [6.45, 7) is 6.27. The first-order valence-corrected chi connectivity index (χ1v) is 11.9. The lowest BCUT2D eigenvalue weighted by atomic mass is 9.65. The maximum absolute atomic E-state index is 13.8. The van der Waals surface area contributed by atoms with Crippen LogP contribution in [0.4, 0.5) is 4.79 Å². The van der Waals surface area contributed by atoms with Crippen molar-refractivity contribution in [3.8, 4) is 11.3 Å². The Labute approximate surface area is 200 Å². The fourth-order valence-electron chi connectivity index (χ4n) is 5.53. The number of carbonyl (C=O) groups is 2. The minimum absolute atomic E-state index is 0.0134. The van der Waals surface area contributed by atoms with Gasteiger partial charge in [0.2, 0.25) is 0 Å². The monoisotopic (exact) mass is 460 g/mol. The second-order valence-corrected chi connectivity index (χ2v) is 9.78. The van der Waals surface area contributed by atoms with E-state index in [4.69, 9.17) is 20.0 Å². The minimum atomic E-state index is -1.83. The average molecular weight is 461 g/mol. The molecule has 3 fully saturated rings. The molecular weight excluding hydrogens is 428 g/mol. The van der Waals surface area contributed by atoms with Gasteiger partial charge in [0.15, 0.2) is 0 Å². The van der Waals surface area contributed by atoms with Crippen LogP contribution in [0.25, 0.3) is 22.2 Å². The van der Waals surface area contributed by atoms with Crippen molar-refractivity contribution in [3.05, 3.63) is 64.7 Å². The van der Waals surface area contributed by atoms with Crippen molar-refractivity contribution >= 4 is 23.0 Å². The molecule has 1 amide bonds. The van der Waals surface area contributed by atoms with Crippen LogP contribution in [0.2, 0.25) is 0 Å². The Bertz CT molecular complexity index is 1210. The molecule has 1 heterocycles. The number of carboxylic acid groups (broad SMARTS) is 2. The molecule has 1 aromatic heterocycles. The van der Waals surface area contributed by atoms with Crippen LogP contribution in [0, 0.1) is 26.7 Å². The first kappa shape index (κ1) is 23.7. The number of fused-ring (bicyclic) bond motifs is 4. The number of benzene rings is 2. The number of nitrogens with one attached hydrogen (secondary N) is 1. The van der Waals surface area contributed by atoms with E-state index >= 15 is 0 Å². The zero-order chi connectivity index (χ0) is 24.5. The predicted octanol–water partition coefficient (Wildman–Crippen LogP) is 6.50. The molecule has 3 aromatic rings. The van der Waals surface area contributed by atoms with Crippen molar-refractivity contribution in [2.45, 2.75) is 64.8 Å². The first-order chi connectivity index (χ1) is 16.2. The number of hydrogen-bond donors (Lipinski definition) is 3. The third-order valence-electron chi connectivity index (χ3n) is 7.59. The summed E-state index contributed by atoms with van der Waals surface area (Å²) in [4.78, 5) is 27.3. The quantitative estimate of drug-likeness (QED) is 0.414. The van der Waals surface area contributed by atoms with Crippen molar-refractivity contribution < 1.29 is 19.8 Å². The van der Waals surface area contributed by atoms with Gasteiger partial charge in [-0.15, -0.1) is 0 Å². The smallest absolute Gasteiger partial charge is 0.450 e. The van der Waals surface area contributed by atoms with Gasteiger partial charge in [0, 0.05) is 16.5 Å². The van der Waals surface area contributed by atoms with E-state index in [1.807, 2.05) is 25.1 Å². The lowest BCUT2D eigenvalue weighted by Gasteiger charge is -2.47. The van der Waals surface area contributed by atoms with Crippen molar-refractivity contribution in [3.63, 3.8) is 0 Å². The topological polar surface area (TPSA) is 99.5 Å². The van der Waals surface area contributed by atoms with Crippen molar-refractivity contribution in [1.29, 1.82) is 0 Å². The SMILES string of the molecule is Cc1cc2nc(-c3ccccc3)c(C)c(C(=O)NC34CCC(CC3)CC4)c2cc1C.O=C(O)O. The number of carbonyl (C=O) groups excluding carboxylic acids is 1. The van der Waals surface area contributed by atoms with Crippen LogP contribution in [0.15, 0.2) is 42.5 Å². The van der Waals surface area contributed by atoms with Crippen LogP contribution in [-0.2, 0) is 0 Å². The number of aromatic nitrogens is 1. The van der Waals surface area contributed by atoms with Gasteiger partial charge in [0.25, 0.3) is 5.91 Å². The first-order valence-electron chi connectivity index (χ1n) is 11.9. The van der Waals surface area contributed by atoms with E-state index in [0.29, 0.717) is 0 Å². The Morgan fingerprint density at radius 3 is 2.09 bits per heavy atom. The highest BCUT2D eigenvalue weighted by molar-refractivity contribution is 6.09. The maximum Gasteiger partial charge on any atom is 0.503 e. The highest BCUT2D eigenvalue weighted by Gasteiger charge is 2.41. The Kier molecular flexibility index (Phi) is 6.60. The Hall–Kier alpha value is -3.41. The van der Waals surface area contributed by atoms with E-state index in [1.165, 1.54) is 30.4 Å². The molecule has 3 saturated carbocycles. The highest BCUT2D eigenvalue weighted by Crippen LogP contribution is 2.44. The molecule has 2 aromatic carbocycles. The fraction of sp³-hybridized carbons (Fsp3) is 0.393. The minimum Gasteiger partial charge on any atom is -0.450 e. The van der Waals surface area contributed by atoms with Gasteiger partial charge in [0.05, 0.1) is 16.8 Å². The number of aryl methyl sites for hydroxylation is 2. The second kappa shape index (κ2) is 9.45. The van der Waals surface area contributed by atoms with E-state index in [-0.39, 0.29) is 11.4 Å². The van der Waals surface area contributed by atoms with Crippen molar-refractivity contribution in [1.82, 2.24) is 10.3 Å². The molecule has 6 nitrogen and oxygen atoms in total. The van der Waals surface area contributed by atoms with Gasteiger partial charge in [-0.3, -0.25) is 4.79 Å². The van der Waals surface area contributed by atoms with Crippen LogP contribution in [0.3, 0.4) is 0 Å². The van der Waals surface area contributed by atoms with Crippen LogP contribution >= 0.6 is 0 Å². The molecule has 0 radical (unpaired) electrons. The number of hydrogen-bond acceptors (Lipinski definition) is 3. The number of nitrogens with zero attached hydrogens (tertiary/aromatic N) is 1. The standard InChI is InChI=1S/C27H30N2O.CH2O3/c1-17-15-22-23(16-18(17)2)28-25(21-7-5-4-6-8-21)19(3)24(22)26(30)29-27-12-9-20(10-13-27)11-14-27;2-1(3)4/h4-8,15-16,20H,9-14H2,1-3H3,(H,29,30);(H2,2,3,4). The number of pyridine rings is 1. The van der Waals surface area contributed by atoms with Gasteiger partial charge >= 0.3 is 6.16 Å². The molecule has 0 unspecified atom stereocenters. The number of rotatable bonds is 3. The summed E-state index contributed by atoms with van der Waals surface area (Å²) in [5, 5.41) is 18.4. The van der Waals surface area contributed by atoms with Gasteiger partial charge in [-0.2, -0.15) is 0 Å². The Morgan fingerprint density at radius 1 is 0.941 bits per heavy atom. The van der Waals surface area contributed by atoms with E-state index in [0.717, 1.165) is 58.5 Å². The summed E-state index contributed by atoms with van der Waals surface area (Å²) in [6, 6.07) is 14.5. The molecule has 34 heavy (non-hydrogen) atoms. The molecular formula is C28H32N2O4. The maximum atomic E-state index is 13.8. The largest absolute Gasteiger partial charge is 0.503 e. The molecule has 6 heteroatoms. The van der Waals surface area contributed by atoms with Gasteiger partial charge in [-0.25, -0.2) is 9.78 Å². The van der Waals surface area contributed by atoms with Crippen LogP contribution < -0.4 is 5.32 Å². The molecule has 3 N–H and O–H groups in total. The zero-order valence-corrected chi connectivity index (χ0v) is 20.0. The molecule has 0 aliphatic heterocycles. The summed E-state index contributed by atoms with van der Waals surface area (Å²) >= 11 is 0. The van der Waals surface area contributed by atoms with Crippen molar-refractivity contribution in [2.75, 3.05) is 0 Å². The molecule has 0 spiro atoms. The summed E-state index contributed by atoms with van der Waals surface area (Å²) in [5.41, 5.74) is 7.01. The third-order valence-corrected chi connectivity index (χ3v) is 7.59. The van der Waals surface area contributed by atoms with Crippen molar-refractivity contribution in [2.24, 2.45) is 5.92 Å². The molecule has 178 valence electrons. The van der Waals surface area contributed by atoms with Crippen LogP contribution in [0.1, 0.15) is 65.6 Å². The fourth-order valence-corrected chi connectivity index (χ4v) is 5.53. The molecule has 0 atom stereocenters. The van der Waals surface area contributed by atoms with Crippen LogP contribution in [-0.4, -0.2) is 32.8 Å². The normalized spacial score (nSPS) is 21.0. The van der Waals surface area contributed by atoms with Gasteiger partial charge in [-0.05, 0) is 94.0 Å². The Morgan fingerprint density at radius 2 is 1.50 bits per heavy atom.